The van der Waals surface area contributed by atoms with Crippen molar-refractivity contribution in [1.82, 2.24) is 0 Å². The normalized spacial score (nSPS) is 16.3. The maximum absolute atomic E-state index is 4.72. The summed E-state index contributed by atoms with van der Waals surface area (Å²) >= 11 is 3.46. The third-order valence-corrected chi connectivity index (χ3v) is 6.26. The molecule has 0 fully saturated rings. The van der Waals surface area contributed by atoms with E-state index in [9.17, 15) is 0 Å². The number of nitrogens with zero attached hydrogens (tertiary/aromatic N) is 1. The van der Waals surface area contributed by atoms with Gasteiger partial charge >= 0.3 is 0 Å². The van der Waals surface area contributed by atoms with Crippen LogP contribution in [0.3, 0.4) is 0 Å². The lowest BCUT2D eigenvalue weighted by Crippen LogP contribution is -2.04. The molecule has 1 aliphatic heterocycles. The lowest BCUT2D eigenvalue weighted by Gasteiger charge is -2.15. The van der Waals surface area contributed by atoms with E-state index >= 15 is 0 Å². The number of hydrogen-bond acceptors (Lipinski definition) is 3. The van der Waals surface area contributed by atoms with Gasteiger partial charge in [0, 0.05) is 39.6 Å². The van der Waals surface area contributed by atoms with Gasteiger partial charge in [-0.3, -0.25) is 0 Å². The van der Waals surface area contributed by atoms with Crippen molar-refractivity contribution in [2.45, 2.75) is 28.4 Å². The van der Waals surface area contributed by atoms with E-state index in [-0.39, 0.29) is 5.92 Å². The molecule has 25 heavy (non-hydrogen) atoms. The van der Waals surface area contributed by atoms with Crippen molar-refractivity contribution in [2.24, 2.45) is 4.40 Å². The van der Waals surface area contributed by atoms with Crippen LogP contribution in [0.15, 0.2) is 87.0 Å². The molecule has 0 bridgehead atoms. The highest BCUT2D eigenvalue weighted by atomic mass is 32.2. The number of aryl methyl sites for hydroxylation is 1. The highest BCUT2D eigenvalue weighted by Gasteiger charge is 2.22. The van der Waals surface area contributed by atoms with Gasteiger partial charge in [-0.15, -0.1) is 11.8 Å². The molecule has 3 heteroatoms. The lowest BCUT2D eigenvalue weighted by atomic mass is 9.89. The van der Waals surface area contributed by atoms with E-state index in [1.165, 1.54) is 32.0 Å². The fourth-order valence-corrected chi connectivity index (χ4v) is 4.75. The Kier molecular flexibility index (Phi) is 4.95. The van der Waals surface area contributed by atoms with Gasteiger partial charge < -0.3 is 0 Å². The molecular formula is C22H19NS2. The highest BCUT2D eigenvalue weighted by molar-refractivity contribution is 7.98. The second-order valence-corrected chi connectivity index (χ2v) is 8.04. The molecule has 0 spiro atoms. The van der Waals surface area contributed by atoms with E-state index in [0.717, 1.165) is 5.75 Å². The molecular weight excluding hydrogens is 342 g/mol. The number of fused-ring (bicyclic) bond motifs is 2. The van der Waals surface area contributed by atoms with E-state index in [1.807, 2.05) is 11.8 Å². The quantitative estimate of drug-likeness (QED) is 0.389. The Labute approximate surface area is 157 Å². The second kappa shape index (κ2) is 7.51. The van der Waals surface area contributed by atoms with Crippen molar-refractivity contribution in [2.75, 3.05) is 0 Å². The van der Waals surface area contributed by atoms with Crippen LogP contribution >= 0.6 is 23.7 Å². The summed E-state index contributed by atoms with van der Waals surface area (Å²) in [6, 6.07) is 26.0. The van der Waals surface area contributed by atoms with Crippen molar-refractivity contribution < 1.29 is 0 Å². The van der Waals surface area contributed by atoms with Crippen LogP contribution in [0, 0.1) is 6.92 Å². The molecule has 124 valence electrons. The zero-order chi connectivity index (χ0) is 17.1. The van der Waals surface area contributed by atoms with Crippen LogP contribution in [0.2, 0.25) is 0 Å². The predicted molar refractivity (Wildman–Crippen MR) is 110 cm³/mol. The summed E-state index contributed by atoms with van der Waals surface area (Å²) in [7, 11) is 0. The maximum atomic E-state index is 4.72. The van der Waals surface area contributed by atoms with Crippen LogP contribution in [-0.4, -0.2) is 6.21 Å². The van der Waals surface area contributed by atoms with Gasteiger partial charge in [-0.2, -0.15) is 0 Å². The van der Waals surface area contributed by atoms with E-state index in [4.69, 9.17) is 4.40 Å². The van der Waals surface area contributed by atoms with Crippen molar-refractivity contribution in [3.05, 3.63) is 95.1 Å². The smallest absolute Gasteiger partial charge is 0.0464 e. The first-order valence-electron chi connectivity index (χ1n) is 8.38. The second-order valence-electron chi connectivity index (χ2n) is 6.16. The van der Waals surface area contributed by atoms with Gasteiger partial charge in [-0.05, 0) is 41.8 Å². The Morgan fingerprint density at radius 1 is 0.920 bits per heavy atom. The average Bonchev–Trinajstić information content (AvgIpc) is 2.81. The molecule has 0 aliphatic carbocycles. The Balaban J connectivity index is 1.67. The van der Waals surface area contributed by atoms with E-state index in [0.29, 0.717) is 0 Å². The van der Waals surface area contributed by atoms with Crippen molar-refractivity contribution in [3.8, 4) is 0 Å². The maximum Gasteiger partial charge on any atom is 0.0464 e. The Hall–Kier alpha value is -1.97. The molecule has 1 atom stereocenters. The largest absolute Gasteiger partial charge is 0.223 e. The monoisotopic (exact) mass is 361 g/mol. The van der Waals surface area contributed by atoms with E-state index in [1.54, 1.807) is 11.9 Å². The molecule has 0 saturated carbocycles. The van der Waals surface area contributed by atoms with Gasteiger partial charge in [0.05, 0.1) is 0 Å². The number of benzene rings is 3. The van der Waals surface area contributed by atoms with Crippen LogP contribution in [0.5, 0.6) is 0 Å². The summed E-state index contributed by atoms with van der Waals surface area (Å²) in [6.45, 7) is 2.11. The summed E-state index contributed by atoms with van der Waals surface area (Å²) in [5.74, 6) is 1.23. The minimum atomic E-state index is 0.209. The molecule has 0 N–H and O–H groups in total. The predicted octanol–water partition coefficient (Wildman–Crippen LogP) is 6.51. The van der Waals surface area contributed by atoms with Crippen LogP contribution in [-0.2, 0) is 5.75 Å². The van der Waals surface area contributed by atoms with Gasteiger partial charge in [0.25, 0.3) is 0 Å². The summed E-state index contributed by atoms with van der Waals surface area (Å²) in [4.78, 5) is 2.53. The highest BCUT2D eigenvalue weighted by Crippen LogP contribution is 2.40. The zero-order valence-corrected chi connectivity index (χ0v) is 15.7. The first kappa shape index (κ1) is 16.5. The van der Waals surface area contributed by atoms with Crippen LogP contribution in [0.1, 0.15) is 28.2 Å². The lowest BCUT2D eigenvalue weighted by molar-refractivity contribution is 1.05. The van der Waals surface area contributed by atoms with Gasteiger partial charge in [-0.25, -0.2) is 4.40 Å². The molecule has 1 nitrogen and oxygen atoms in total. The summed E-state index contributed by atoms with van der Waals surface area (Å²) in [5, 5.41) is 0. The average molecular weight is 362 g/mol. The van der Waals surface area contributed by atoms with Crippen LogP contribution in [0.25, 0.3) is 0 Å². The van der Waals surface area contributed by atoms with Crippen LogP contribution in [0.4, 0.5) is 0 Å². The van der Waals surface area contributed by atoms with Gasteiger partial charge in [0.1, 0.15) is 0 Å². The van der Waals surface area contributed by atoms with E-state index in [2.05, 4.69) is 85.9 Å². The third-order valence-electron chi connectivity index (χ3n) is 4.42. The fourth-order valence-electron chi connectivity index (χ4n) is 3.07. The van der Waals surface area contributed by atoms with Gasteiger partial charge in [0.2, 0.25) is 0 Å². The molecule has 3 aromatic carbocycles. The first-order chi connectivity index (χ1) is 12.3. The van der Waals surface area contributed by atoms with Crippen molar-refractivity contribution in [3.63, 3.8) is 0 Å². The number of hydrogen-bond donors (Lipinski definition) is 0. The molecule has 4 rings (SSSR count). The molecule has 0 aromatic heterocycles. The molecule has 3 aromatic rings. The SMILES string of the molecule is Cc1ccc(SN=CC2c3ccccc3CSc3ccccc32)cc1. The van der Waals surface area contributed by atoms with Crippen molar-refractivity contribution >= 4 is 29.9 Å². The van der Waals surface area contributed by atoms with Gasteiger partial charge in [0.15, 0.2) is 0 Å². The molecule has 0 radical (unpaired) electrons. The summed E-state index contributed by atoms with van der Waals surface area (Å²) in [6.07, 6.45) is 2.11. The molecule has 1 unspecified atom stereocenters. The van der Waals surface area contributed by atoms with E-state index < -0.39 is 0 Å². The number of rotatable bonds is 3. The summed E-state index contributed by atoms with van der Waals surface area (Å²) < 4.78 is 4.72. The van der Waals surface area contributed by atoms with Crippen molar-refractivity contribution in [1.29, 1.82) is 0 Å². The standard InChI is InChI=1S/C22H19NS2/c1-16-10-12-18(13-11-16)25-23-14-21-19-7-3-2-6-17(19)15-24-22-9-5-4-8-20(21)22/h2-14,21H,15H2,1H3. The number of thioether (sulfide) groups is 1. The Morgan fingerprint density at radius 3 is 2.48 bits per heavy atom. The van der Waals surface area contributed by atoms with Gasteiger partial charge in [-0.1, -0.05) is 60.2 Å². The molecule has 1 heterocycles. The first-order valence-corrected chi connectivity index (χ1v) is 10.1. The van der Waals surface area contributed by atoms with Crippen LogP contribution < -0.4 is 0 Å². The molecule has 1 aliphatic rings. The third kappa shape index (κ3) is 3.68. The summed E-state index contributed by atoms with van der Waals surface area (Å²) in [5.41, 5.74) is 5.40. The fraction of sp³-hybridized carbons (Fsp3) is 0.136. The minimum Gasteiger partial charge on any atom is -0.223 e. The Bertz CT molecular complexity index is 852. The molecule has 0 saturated heterocycles. The minimum absolute atomic E-state index is 0.209. The zero-order valence-electron chi connectivity index (χ0n) is 14.1. The molecule has 0 amide bonds. The Morgan fingerprint density at radius 2 is 1.64 bits per heavy atom. The topological polar surface area (TPSA) is 12.4 Å².